The lowest BCUT2D eigenvalue weighted by molar-refractivity contribution is 0.402. The topological polar surface area (TPSA) is 81.2 Å². The maximum Gasteiger partial charge on any atom is 0.244 e. The van der Waals surface area contributed by atoms with Gasteiger partial charge in [0, 0.05) is 10.6 Å². The quantitative estimate of drug-likeness (QED) is 0.677. The Morgan fingerprint density at radius 2 is 1.85 bits per heavy atom. The summed E-state index contributed by atoms with van der Waals surface area (Å²) < 4.78 is 45.8. The molecular weight excluding hydrogens is 393 g/mol. The summed E-state index contributed by atoms with van der Waals surface area (Å²) in [6.45, 7) is -0.0608. The lowest BCUT2D eigenvalue weighted by Gasteiger charge is -2.11. The first-order valence-corrected chi connectivity index (χ1v) is 9.65. The first-order chi connectivity index (χ1) is 12.9. The van der Waals surface area contributed by atoms with Gasteiger partial charge < -0.3 is 4.74 Å². The van der Waals surface area contributed by atoms with E-state index in [9.17, 15) is 12.8 Å². The maximum absolute atomic E-state index is 13.1. The Labute approximate surface area is 161 Å². The summed E-state index contributed by atoms with van der Waals surface area (Å²) in [5.41, 5.74) is 1.70. The van der Waals surface area contributed by atoms with E-state index in [1.807, 2.05) is 0 Å². The van der Waals surface area contributed by atoms with Crippen LogP contribution >= 0.6 is 11.6 Å². The normalized spacial score (nSPS) is 11.4. The van der Waals surface area contributed by atoms with Crippen molar-refractivity contribution < 1.29 is 17.5 Å². The number of benzene rings is 2. The van der Waals surface area contributed by atoms with Crippen LogP contribution in [0.15, 0.2) is 59.8 Å². The summed E-state index contributed by atoms with van der Waals surface area (Å²) >= 11 is 5.90. The van der Waals surface area contributed by atoms with Gasteiger partial charge in [0.25, 0.3) is 0 Å². The standard InChI is InChI=1S/C18H15ClFN3O3S/c1-26-17-7-4-13(19)8-18(17)27(24,25)23-10-15-9-16(22-11-21-15)12-2-5-14(20)6-3-12/h2-9,11,23H,10H2,1H3. The average molecular weight is 408 g/mol. The van der Waals surface area contributed by atoms with Gasteiger partial charge in [-0.3, -0.25) is 0 Å². The highest BCUT2D eigenvalue weighted by Gasteiger charge is 2.20. The third-order valence-corrected chi connectivity index (χ3v) is 5.38. The van der Waals surface area contributed by atoms with Crippen LogP contribution in [0.25, 0.3) is 11.3 Å². The Bertz CT molecular complexity index is 1060. The van der Waals surface area contributed by atoms with Crippen LogP contribution in [-0.2, 0) is 16.6 Å². The SMILES string of the molecule is COc1ccc(Cl)cc1S(=O)(=O)NCc1cc(-c2ccc(F)cc2)ncn1. The van der Waals surface area contributed by atoms with E-state index in [0.717, 1.165) is 0 Å². The second-order valence-corrected chi connectivity index (χ2v) is 7.69. The molecule has 0 amide bonds. The van der Waals surface area contributed by atoms with Gasteiger partial charge in [-0.15, -0.1) is 0 Å². The minimum absolute atomic E-state index is 0.0608. The van der Waals surface area contributed by atoms with Gasteiger partial charge in [-0.25, -0.2) is 27.5 Å². The fourth-order valence-electron chi connectivity index (χ4n) is 2.38. The molecule has 27 heavy (non-hydrogen) atoms. The minimum Gasteiger partial charge on any atom is -0.495 e. The molecule has 1 aromatic heterocycles. The fourth-order valence-corrected chi connectivity index (χ4v) is 3.81. The molecule has 0 aliphatic carbocycles. The number of sulfonamides is 1. The Kier molecular flexibility index (Phi) is 5.69. The zero-order valence-electron chi connectivity index (χ0n) is 14.2. The van der Waals surface area contributed by atoms with Crippen LogP contribution in [0, 0.1) is 5.82 Å². The van der Waals surface area contributed by atoms with E-state index in [0.29, 0.717) is 17.0 Å². The zero-order valence-corrected chi connectivity index (χ0v) is 15.8. The van der Waals surface area contributed by atoms with Gasteiger partial charge >= 0.3 is 0 Å². The van der Waals surface area contributed by atoms with E-state index in [1.54, 1.807) is 24.3 Å². The van der Waals surface area contributed by atoms with E-state index in [-0.39, 0.29) is 28.0 Å². The number of nitrogens with zero attached hydrogens (tertiary/aromatic N) is 2. The monoisotopic (exact) mass is 407 g/mol. The molecule has 0 unspecified atom stereocenters. The molecule has 0 aliphatic heterocycles. The molecule has 3 aromatic rings. The molecule has 0 aliphatic rings. The summed E-state index contributed by atoms with van der Waals surface area (Å²) in [5.74, 6) is -0.169. The van der Waals surface area contributed by atoms with Gasteiger partial charge in [-0.05, 0) is 48.5 Å². The summed E-state index contributed by atoms with van der Waals surface area (Å²) in [6.07, 6.45) is 1.32. The molecule has 6 nitrogen and oxygen atoms in total. The lowest BCUT2D eigenvalue weighted by Crippen LogP contribution is -2.24. The van der Waals surface area contributed by atoms with Gasteiger partial charge in [0.05, 0.1) is 25.0 Å². The Balaban J connectivity index is 1.81. The van der Waals surface area contributed by atoms with Crippen LogP contribution in [0.1, 0.15) is 5.69 Å². The number of rotatable bonds is 6. The van der Waals surface area contributed by atoms with Crippen LogP contribution in [0.2, 0.25) is 5.02 Å². The van der Waals surface area contributed by atoms with E-state index >= 15 is 0 Å². The number of ether oxygens (including phenoxy) is 1. The molecule has 0 atom stereocenters. The summed E-state index contributed by atoms with van der Waals surface area (Å²) in [4.78, 5) is 8.14. The molecule has 0 radical (unpaired) electrons. The van der Waals surface area contributed by atoms with Crippen LogP contribution in [0.4, 0.5) is 4.39 Å². The molecule has 0 spiro atoms. The third-order valence-electron chi connectivity index (χ3n) is 3.72. The van der Waals surface area contributed by atoms with Gasteiger partial charge in [0.2, 0.25) is 10.0 Å². The average Bonchev–Trinajstić information content (AvgIpc) is 2.67. The highest BCUT2D eigenvalue weighted by atomic mass is 35.5. The van der Waals surface area contributed by atoms with Gasteiger partial charge in [-0.1, -0.05) is 11.6 Å². The van der Waals surface area contributed by atoms with E-state index in [1.165, 1.54) is 37.7 Å². The smallest absolute Gasteiger partial charge is 0.244 e. The van der Waals surface area contributed by atoms with Crippen molar-refractivity contribution in [1.29, 1.82) is 0 Å². The summed E-state index contributed by atoms with van der Waals surface area (Å²) in [7, 11) is -2.50. The summed E-state index contributed by atoms with van der Waals surface area (Å²) in [6, 6.07) is 11.8. The number of hydrogen-bond acceptors (Lipinski definition) is 5. The highest BCUT2D eigenvalue weighted by Crippen LogP contribution is 2.27. The Morgan fingerprint density at radius 3 is 2.56 bits per heavy atom. The van der Waals surface area contributed by atoms with Crippen LogP contribution in [-0.4, -0.2) is 25.5 Å². The van der Waals surface area contributed by atoms with Gasteiger partial charge in [0.1, 0.15) is 22.8 Å². The molecule has 140 valence electrons. The molecule has 1 N–H and O–H groups in total. The number of methoxy groups -OCH3 is 1. The third kappa shape index (κ3) is 4.60. The zero-order chi connectivity index (χ0) is 19.4. The van der Waals surface area contributed by atoms with Crippen molar-refractivity contribution in [3.8, 4) is 17.0 Å². The minimum atomic E-state index is -3.88. The molecule has 1 heterocycles. The Morgan fingerprint density at radius 1 is 1.11 bits per heavy atom. The predicted octanol–water partition coefficient (Wildman–Crippen LogP) is 3.42. The first kappa shape index (κ1) is 19.2. The largest absolute Gasteiger partial charge is 0.495 e. The predicted molar refractivity (Wildman–Crippen MR) is 99.5 cm³/mol. The highest BCUT2D eigenvalue weighted by molar-refractivity contribution is 7.89. The number of aromatic nitrogens is 2. The van der Waals surface area contributed by atoms with Crippen molar-refractivity contribution in [3.05, 3.63) is 71.4 Å². The molecule has 2 aromatic carbocycles. The molecule has 0 saturated heterocycles. The van der Waals surface area contributed by atoms with Crippen molar-refractivity contribution in [2.24, 2.45) is 0 Å². The molecule has 0 saturated carbocycles. The molecule has 3 rings (SSSR count). The van der Waals surface area contributed by atoms with Crippen molar-refractivity contribution >= 4 is 21.6 Å². The van der Waals surface area contributed by atoms with Crippen molar-refractivity contribution in [2.45, 2.75) is 11.4 Å². The molecular formula is C18H15ClFN3O3S. The van der Waals surface area contributed by atoms with Crippen molar-refractivity contribution in [2.75, 3.05) is 7.11 Å². The van der Waals surface area contributed by atoms with Crippen molar-refractivity contribution in [1.82, 2.24) is 14.7 Å². The lowest BCUT2D eigenvalue weighted by atomic mass is 10.1. The second-order valence-electron chi connectivity index (χ2n) is 5.52. The van der Waals surface area contributed by atoms with Crippen LogP contribution < -0.4 is 9.46 Å². The van der Waals surface area contributed by atoms with E-state index in [4.69, 9.17) is 16.3 Å². The van der Waals surface area contributed by atoms with E-state index in [2.05, 4.69) is 14.7 Å². The van der Waals surface area contributed by atoms with Gasteiger partial charge in [-0.2, -0.15) is 0 Å². The number of nitrogens with one attached hydrogen (secondary N) is 1. The molecule has 9 heteroatoms. The second kappa shape index (κ2) is 7.99. The summed E-state index contributed by atoms with van der Waals surface area (Å²) in [5, 5.41) is 0.275. The Hall–Kier alpha value is -2.55. The first-order valence-electron chi connectivity index (χ1n) is 7.79. The molecule has 0 bridgehead atoms. The maximum atomic E-state index is 13.1. The van der Waals surface area contributed by atoms with Crippen LogP contribution in [0.5, 0.6) is 5.75 Å². The fraction of sp³-hybridized carbons (Fsp3) is 0.111. The van der Waals surface area contributed by atoms with E-state index < -0.39 is 10.0 Å². The molecule has 0 fully saturated rings. The number of hydrogen-bond donors (Lipinski definition) is 1. The number of halogens is 2. The van der Waals surface area contributed by atoms with Gasteiger partial charge in [0.15, 0.2) is 0 Å². The van der Waals surface area contributed by atoms with Crippen molar-refractivity contribution in [3.63, 3.8) is 0 Å². The van der Waals surface area contributed by atoms with Crippen LogP contribution in [0.3, 0.4) is 0 Å².